The highest BCUT2D eigenvalue weighted by atomic mass is 32.1. The van der Waals surface area contributed by atoms with Crippen LogP contribution in [0.25, 0.3) is 0 Å². The van der Waals surface area contributed by atoms with E-state index in [2.05, 4.69) is 48.0 Å². The van der Waals surface area contributed by atoms with Gasteiger partial charge in [-0.05, 0) is 43.2 Å². The standard InChI is InChI=1S/C13H19N3S/c1-9(12-5-6-17-8-12)14-7-13-10(2)15-16(4)11(13)3/h5-6,8-9,14H,7H2,1-4H3. The van der Waals surface area contributed by atoms with Crippen molar-refractivity contribution in [3.8, 4) is 0 Å². The van der Waals surface area contributed by atoms with Gasteiger partial charge in [-0.3, -0.25) is 4.68 Å². The average molecular weight is 249 g/mol. The summed E-state index contributed by atoms with van der Waals surface area (Å²) in [6, 6.07) is 2.56. The van der Waals surface area contributed by atoms with Gasteiger partial charge in [0.15, 0.2) is 0 Å². The molecule has 92 valence electrons. The van der Waals surface area contributed by atoms with Gasteiger partial charge in [-0.1, -0.05) is 0 Å². The van der Waals surface area contributed by atoms with Gasteiger partial charge < -0.3 is 5.32 Å². The molecule has 1 unspecified atom stereocenters. The van der Waals surface area contributed by atoms with Crippen LogP contribution < -0.4 is 5.32 Å². The van der Waals surface area contributed by atoms with Crippen molar-refractivity contribution in [2.75, 3.05) is 0 Å². The molecule has 17 heavy (non-hydrogen) atoms. The molecular formula is C13H19N3S. The fourth-order valence-electron chi connectivity index (χ4n) is 1.97. The summed E-state index contributed by atoms with van der Waals surface area (Å²) < 4.78 is 1.95. The first-order valence-corrected chi connectivity index (χ1v) is 6.78. The molecule has 3 nitrogen and oxygen atoms in total. The van der Waals surface area contributed by atoms with Gasteiger partial charge >= 0.3 is 0 Å². The van der Waals surface area contributed by atoms with Crippen LogP contribution in [0.4, 0.5) is 0 Å². The molecule has 0 aromatic carbocycles. The molecule has 2 rings (SSSR count). The summed E-state index contributed by atoms with van der Waals surface area (Å²) in [6.07, 6.45) is 0. The lowest BCUT2D eigenvalue weighted by Crippen LogP contribution is -2.18. The fraction of sp³-hybridized carbons (Fsp3) is 0.462. The molecule has 4 heteroatoms. The Morgan fingerprint density at radius 2 is 2.24 bits per heavy atom. The van der Waals surface area contributed by atoms with Crippen molar-refractivity contribution >= 4 is 11.3 Å². The van der Waals surface area contributed by atoms with E-state index in [1.54, 1.807) is 11.3 Å². The molecule has 0 radical (unpaired) electrons. The molecule has 0 bridgehead atoms. The monoisotopic (exact) mass is 249 g/mol. The lowest BCUT2D eigenvalue weighted by atomic mass is 10.1. The molecule has 0 fully saturated rings. The molecule has 0 saturated heterocycles. The van der Waals surface area contributed by atoms with Gasteiger partial charge in [0.1, 0.15) is 0 Å². The Labute approximate surface area is 106 Å². The van der Waals surface area contributed by atoms with Crippen LogP contribution in [-0.2, 0) is 13.6 Å². The molecule has 0 saturated carbocycles. The van der Waals surface area contributed by atoms with Crippen molar-refractivity contribution in [3.63, 3.8) is 0 Å². The van der Waals surface area contributed by atoms with Gasteiger partial charge in [0.25, 0.3) is 0 Å². The van der Waals surface area contributed by atoms with Crippen molar-refractivity contribution in [2.45, 2.75) is 33.4 Å². The maximum Gasteiger partial charge on any atom is 0.0641 e. The highest BCUT2D eigenvalue weighted by molar-refractivity contribution is 7.07. The van der Waals surface area contributed by atoms with Gasteiger partial charge in [0, 0.05) is 30.9 Å². The third-order valence-electron chi connectivity index (χ3n) is 3.29. The van der Waals surface area contributed by atoms with Gasteiger partial charge in [-0.15, -0.1) is 0 Å². The molecule has 0 spiro atoms. The van der Waals surface area contributed by atoms with Crippen molar-refractivity contribution in [1.29, 1.82) is 0 Å². The average Bonchev–Trinajstić information content (AvgIpc) is 2.88. The molecule has 0 amide bonds. The molecule has 0 aliphatic heterocycles. The smallest absolute Gasteiger partial charge is 0.0641 e. The normalized spacial score (nSPS) is 12.9. The number of hydrogen-bond donors (Lipinski definition) is 1. The highest BCUT2D eigenvalue weighted by Gasteiger charge is 2.11. The number of thiophene rings is 1. The van der Waals surface area contributed by atoms with Crippen LogP contribution in [-0.4, -0.2) is 9.78 Å². The van der Waals surface area contributed by atoms with E-state index in [1.165, 1.54) is 16.8 Å². The Morgan fingerprint density at radius 3 is 2.76 bits per heavy atom. The minimum Gasteiger partial charge on any atom is -0.306 e. The van der Waals surface area contributed by atoms with E-state index in [0.717, 1.165) is 12.2 Å². The topological polar surface area (TPSA) is 29.9 Å². The molecule has 1 atom stereocenters. The first-order chi connectivity index (χ1) is 8.09. The van der Waals surface area contributed by atoms with Crippen LogP contribution in [0, 0.1) is 13.8 Å². The van der Waals surface area contributed by atoms with Crippen molar-refractivity contribution < 1.29 is 0 Å². The van der Waals surface area contributed by atoms with E-state index in [0.29, 0.717) is 6.04 Å². The first-order valence-electron chi connectivity index (χ1n) is 5.84. The van der Waals surface area contributed by atoms with Crippen LogP contribution in [0.15, 0.2) is 16.8 Å². The van der Waals surface area contributed by atoms with Crippen LogP contribution in [0.1, 0.15) is 35.5 Å². The number of nitrogens with one attached hydrogen (secondary N) is 1. The van der Waals surface area contributed by atoms with E-state index < -0.39 is 0 Å². The van der Waals surface area contributed by atoms with E-state index >= 15 is 0 Å². The van der Waals surface area contributed by atoms with Gasteiger partial charge in [0.05, 0.1) is 5.69 Å². The van der Waals surface area contributed by atoms with E-state index in [1.807, 2.05) is 11.7 Å². The molecule has 2 aromatic heterocycles. The predicted molar refractivity (Wildman–Crippen MR) is 72.3 cm³/mol. The Kier molecular flexibility index (Phi) is 3.64. The minimum atomic E-state index is 0.389. The van der Waals surface area contributed by atoms with E-state index in [4.69, 9.17) is 0 Å². The molecule has 2 aromatic rings. The summed E-state index contributed by atoms with van der Waals surface area (Å²) in [5.41, 5.74) is 5.03. The SMILES string of the molecule is Cc1nn(C)c(C)c1CNC(C)c1ccsc1. The van der Waals surface area contributed by atoms with Crippen LogP contribution in [0.2, 0.25) is 0 Å². The van der Waals surface area contributed by atoms with Crippen LogP contribution in [0.5, 0.6) is 0 Å². The summed E-state index contributed by atoms with van der Waals surface area (Å²) in [4.78, 5) is 0. The molecule has 0 aliphatic rings. The molecule has 2 heterocycles. The highest BCUT2D eigenvalue weighted by Crippen LogP contribution is 2.18. The zero-order chi connectivity index (χ0) is 12.4. The van der Waals surface area contributed by atoms with Crippen LogP contribution in [0.3, 0.4) is 0 Å². The van der Waals surface area contributed by atoms with Crippen LogP contribution >= 0.6 is 11.3 Å². The second kappa shape index (κ2) is 5.02. The maximum atomic E-state index is 4.43. The Morgan fingerprint density at radius 1 is 1.47 bits per heavy atom. The first kappa shape index (κ1) is 12.3. The Hall–Kier alpha value is -1.13. The number of nitrogens with zero attached hydrogens (tertiary/aromatic N) is 2. The van der Waals surface area contributed by atoms with Gasteiger partial charge in [-0.25, -0.2) is 0 Å². The summed E-state index contributed by atoms with van der Waals surface area (Å²) in [5, 5.41) is 12.3. The molecular weight excluding hydrogens is 230 g/mol. The minimum absolute atomic E-state index is 0.389. The van der Waals surface area contributed by atoms with Gasteiger partial charge in [0.2, 0.25) is 0 Å². The number of aryl methyl sites for hydroxylation is 2. The number of hydrogen-bond acceptors (Lipinski definition) is 3. The molecule has 0 aliphatic carbocycles. The quantitative estimate of drug-likeness (QED) is 0.903. The lowest BCUT2D eigenvalue weighted by Gasteiger charge is -2.12. The fourth-order valence-corrected chi connectivity index (χ4v) is 2.72. The molecule has 1 N–H and O–H groups in total. The summed E-state index contributed by atoms with van der Waals surface area (Å²) in [5.74, 6) is 0. The summed E-state index contributed by atoms with van der Waals surface area (Å²) in [7, 11) is 1.99. The Bertz CT molecular complexity index is 485. The van der Waals surface area contributed by atoms with Crippen molar-refractivity contribution in [1.82, 2.24) is 15.1 Å². The number of aromatic nitrogens is 2. The van der Waals surface area contributed by atoms with E-state index in [9.17, 15) is 0 Å². The zero-order valence-corrected chi connectivity index (χ0v) is 11.6. The largest absolute Gasteiger partial charge is 0.306 e. The second-order valence-corrected chi connectivity index (χ2v) is 5.21. The summed E-state index contributed by atoms with van der Waals surface area (Å²) in [6.45, 7) is 7.26. The number of rotatable bonds is 4. The maximum absolute atomic E-state index is 4.43. The lowest BCUT2D eigenvalue weighted by molar-refractivity contribution is 0.573. The van der Waals surface area contributed by atoms with Gasteiger partial charge in [-0.2, -0.15) is 16.4 Å². The third-order valence-corrected chi connectivity index (χ3v) is 3.99. The predicted octanol–water partition coefficient (Wildman–Crippen LogP) is 2.95. The van der Waals surface area contributed by atoms with E-state index in [-0.39, 0.29) is 0 Å². The summed E-state index contributed by atoms with van der Waals surface area (Å²) >= 11 is 1.74. The second-order valence-electron chi connectivity index (χ2n) is 4.43. The van der Waals surface area contributed by atoms with Crippen molar-refractivity contribution in [3.05, 3.63) is 39.3 Å². The Balaban J connectivity index is 2.03. The zero-order valence-electron chi connectivity index (χ0n) is 10.8. The van der Waals surface area contributed by atoms with Crippen molar-refractivity contribution in [2.24, 2.45) is 7.05 Å². The third kappa shape index (κ3) is 2.58.